The third-order valence-electron chi connectivity index (χ3n) is 3.17. The number of carboxylic acid groups (broad SMARTS) is 1. The summed E-state index contributed by atoms with van der Waals surface area (Å²) in [5.74, 6) is -0.116. The first-order valence-electron chi connectivity index (χ1n) is 6.53. The van der Waals surface area contributed by atoms with Gasteiger partial charge in [0.25, 0.3) is 5.89 Å². The van der Waals surface area contributed by atoms with E-state index in [-0.39, 0.29) is 0 Å². The Bertz CT molecular complexity index is 629. The molecule has 1 heterocycles. The molecule has 0 amide bonds. The Balaban J connectivity index is 2.14. The third kappa shape index (κ3) is 3.59. The Labute approximate surface area is 127 Å². The van der Waals surface area contributed by atoms with E-state index in [9.17, 15) is 4.79 Å². The van der Waals surface area contributed by atoms with E-state index < -0.39 is 12.0 Å². The van der Waals surface area contributed by atoms with Crippen LogP contribution in [0, 0.1) is 0 Å². The Hall–Kier alpha value is -1.92. The molecule has 0 aliphatic carbocycles. The average Bonchev–Trinajstić information content (AvgIpc) is 2.87. The summed E-state index contributed by atoms with van der Waals surface area (Å²) >= 11 is 6.07. The summed E-state index contributed by atoms with van der Waals surface area (Å²) in [6, 6.07) is 6.59. The van der Waals surface area contributed by atoms with Gasteiger partial charge in [-0.1, -0.05) is 35.8 Å². The van der Waals surface area contributed by atoms with Gasteiger partial charge in [0.2, 0.25) is 0 Å². The van der Waals surface area contributed by atoms with Gasteiger partial charge in [0, 0.05) is 0 Å². The van der Waals surface area contributed by atoms with E-state index in [1.807, 2.05) is 19.1 Å². The number of likely N-dealkylation sites (N-methyl/N-ethyl adjacent to an activating group) is 1. The zero-order valence-corrected chi connectivity index (χ0v) is 12.5. The van der Waals surface area contributed by atoms with Crippen molar-refractivity contribution in [1.29, 1.82) is 0 Å². The predicted molar refractivity (Wildman–Crippen MR) is 77.9 cm³/mol. The monoisotopic (exact) mass is 309 g/mol. The van der Waals surface area contributed by atoms with E-state index in [4.69, 9.17) is 21.2 Å². The maximum Gasteiger partial charge on any atom is 0.320 e. The van der Waals surface area contributed by atoms with E-state index in [1.54, 1.807) is 24.1 Å². The van der Waals surface area contributed by atoms with Crippen molar-refractivity contribution in [3.63, 3.8) is 0 Å². The molecule has 1 aromatic carbocycles. The Morgan fingerprint density at radius 1 is 1.48 bits per heavy atom. The molecule has 6 nitrogen and oxygen atoms in total. The lowest BCUT2D eigenvalue weighted by molar-refractivity contribution is -0.143. The first-order valence-corrected chi connectivity index (χ1v) is 6.91. The van der Waals surface area contributed by atoms with Crippen LogP contribution in [0.25, 0.3) is 11.5 Å². The van der Waals surface area contributed by atoms with Gasteiger partial charge in [-0.05, 0) is 25.6 Å². The van der Waals surface area contributed by atoms with Crippen LogP contribution in [0.15, 0.2) is 28.8 Å². The summed E-state index contributed by atoms with van der Waals surface area (Å²) < 4.78 is 5.19. The first kappa shape index (κ1) is 15.5. The highest BCUT2D eigenvalue weighted by Gasteiger charge is 2.22. The SMILES string of the molecule is CCC(C(=O)O)N(C)Cc1noc(-c2ccccc2Cl)n1. The summed E-state index contributed by atoms with van der Waals surface area (Å²) in [4.78, 5) is 17.0. The van der Waals surface area contributed by atoms with E-state index in [0.717, 1.165) is 0 Å². The molecule has 0 radical (unpaired) electrons. The van der Waals surface area contributed by atoms with Crippen LogP contribution in [0.5, 0.6) is 0 Å². The first-order chi connectivity index (χ1) is 10.0. The second kappa shape index (κ2) is 6.69. The Morgan fingerprint density at radius 2 is 2.19 bits per heavy atom. The molecule has 0 aliphatic heterocycles. The third-order valence-corrected chi connectivity index (χ3v) is 3.50. The van der Waals surface area contributed by atoms with Crippen LogP contribution < -0.4 is 0 Å². The topological polar surface area (TPSA) is 79.5 Å². The zero-order chi connectivity index (χ0) is 15.4. The molecular weight excluding hydrogens is 294 g/mol. The highest BCUT2D eigenvalue weighted by atomic mass is 35.5. The van der Waals surface area contributed by atoms with E-state index in [2.05, 4.69) is 10.1 Å². The molecule has 0 spiro atoms. The number of benzene rings is 1. The number of hydrogen-bond acceptors (Lipinski definition) is 5. The van der Waals surface area contributed by atoms with Crippen LogP contribution in [0.2, 0.25) is 5.02 Å². The molecule has 2 aromatic rings. The van der Waals surface area contributed by atoms with Crippen LogP contribution in [-0.2, 0) is 11.3 Å². The second-order valence-electron chi connectivity index (χ2n) is 4.67. The van der Waals surface area contributed by atoms with E-state index in [0.29, 0.717) is 35.3 Å². The lowest BCUT2D eigenvalue weighted by atomic mass is 10.2. The van der Waals surface area contributed by atoms with Gasteiger partial charge < -0.3 is 9.63 Å². The van der Waals surface area contributed by atoms with Crippen molar-refractivity contribution in [3.8, 4) is 11.5 Å². The van der Waals surface area contributed by atoms with Crippen molar-refractivity contribution < 1.29 is 14.4 Å². The minimum Gasteiger partial charge on any atom is -0.480 e. The predicted octanol–water partition coefficient (Wildman–Crippen LogP) is 2.69. The highest BCUT2D eigenvalue weighted by Crippen LogP contribution is 2.26. The molecule has 21 heavy (non-hydrogen) atoms. The van der Waals surface area contributed by atoms with Crippen molar-refractivity contribution in [1.82, 2.24) is 15.0 Å². The summed E-state index contributed by atoms with van der Waals surface area (Å²) in [6.07, 6.45) is 0.501. The van der Waals surface area contributed by atoms with Gasteiger partial charge in [-0.15, -0.1) is 0 Å². The molecule has 0 bridgehead atoms. The molecule has 1 N–H and O–H groups in total. The fourth-order valence-corrected chi connectivity index (χ4v) is 2.29. The standard InChI is InChI=1S/C14H16ClN3O3/c1-3-11(14(19)20)18(2)8-12-16-13(21-17-12)9-6-4-5-7-10(9)15/h4-7,11H,3,8H2,1-2H3,(H,19,20). The molecule has 0 fully saturated rings. The number of halogens is 1. The fourth-order valence-electron chi connectivity index (χ4n) is 2.07. The van der Waals surface area contributed by atoms with Gasteiger partial charge in [-0.3, -0.25) is 9.69 Å². The van der Waals surface area contributed by atoms with Crippen molar-refractivity contribution >= 4 is 17.6 Å². The molecule has 0 aliphatic rings. The zero-order valence-electron chi connectivity index (χ0n) is 11.8. The normalized spacial score (nSPS) is 12.6. The Kier molecular flexibility index (Phi) is 4.93. The average molecular weight is 310 g/mol. The molecule has 0 saturated carbocycles. The molecular formula is C14H16ClN3O3. The minimum absolute atomic E-state index is 0.290. The molecule has 1 atom stereocenters. The van der Waals surface area contributed by atoms with Crippen molar-refractivity contribution in [2.75, 3.05) is 7.05 Å². The van der Waals surface area contributed by atoms with Crippen LogP contribution in [0.3, 0.4) is 0 Å². The van der Waals surface area contributed by atoms with Crippen LogP contribution in [0.1, 0.15) is 19.2 Å². The van der Waals surface area contributed by atoms with Crippen LogP contribution in [-0.4, -0.2) is 39.2 Å². The smallest absolute Gasteiger partial charge is 0.320 e. The van der Waals surface area contributed by atoms with Gasteiger partial charge in [-0.2, -0.15) is 4.98 Å². The lowest BCUT2D eigenvalue weighted by Gasteiger charge is -2.21. The number of carbonyl (C=O) groups is 1. The fraction of sp³-hybridized carbons (Fsp3) is 0.357. The molecule has 0 saturated heterocycles. The van der Waals surface area contributed by atoms with Crippen molar-refractivity contribution in [2.45, 2.75) is 25.9 Å². The Morgan fingerprint density at radius 3 is 2.81 bits per heavy atom. The van der Waals surface area contributed by atoms with Crippen molar-refractivity contribution in [3.05, 3.63) is 35.1 Å². The summed E-state index contributed by atoms with van der Waals surface area (Å²) in [5.41, 5.74) is 0.658. The molecule has 112 valence electrons. The maximum atomic E-state index is 11.1. The highest BCUT2D eigenvalue weighted by molar-refractivity contribution is 6.33. The van der Waals surface area contributed by atoms with E-state index >= 15 is 0 Å². The number of aliphatic carboxylic acids is 1. The second-order valence-corrected chi connectivity index (χ2v) is 5.08. The summed E-state index contributed by atoms with van der Waals surface area (Å²) in [7, 11) is 1.72. The minimum atomic E-state index is -0.866. The largest absolute Gasteiger partial charge is 0.480 e. The molecule has 7 heteroatoms. The van der Waals surface area contributed by atoms with Crippen LogP contribution >= 0.6 is 11.6 Å². The number of carboxylic acids is 1. The van der Waals surface area contributed by atoms with Gasteiger partial charge in [-0.25, -0.2) is 0 Å². The molecule has 2 rings (SSSR count). The molecule has 1 aromatic heterocycles. The van der Waals surface area contributed by atoms with Gasteiger partial charge in [0.15, 0.2) is 5.82 Å². The number of nitrogens with zero attached hydrogens (tertiary/aromatic N) is 3. The summed E-state index contributed by atoms with van der Waals surface area (Å²) in [6.45, 7) is 2.11. The van der Waals surface area contributed by atoms with Gasteiger partial charge in [0.1, 0.15) is 6.04 Å². The van der Waals surface area contributed by atoms with Crippen LogP contribution in [0.4, 0.5) is 0 Å². The van der Waals surface area contributed by atoms with Gasteiger partial charge >= 0.3 is 5.97 Å². The van der Waals surface area contributed by atoms with Crippen molar-refractivity contribution in [2.24, 2.45) is 0 Å². The quantitative estimate of drug-likeness (QED) is 0.883. The van der Waals surface area contributed by atoms with Gasteiger partial charge in [0.05, 0.1) is 17.1 Å². The maximum absolute atomic E-state index is 11.1. The molecule has 1 unspecified atom stereocenters. The number of rotatable bonds is 6. The number of aromatic nitrogens is 2. The summed E-state index contributed by atoms with van der Waals surface area (Å²) in [5, 5.41) is 13.5. The number of hydrogen-bond donors (Lipinski definition) is 1. The van der Waals surface area contributed by atoms with E-state index in [1.165, 1.54) is 0 Å². The lowest BCUT2D eigenvalue weighted by Crippen LogP contribution is -2.37.